The van der Waals surface area contributed by atoms with Crippen LogP contribution in [0.25, 0.3) is 0 Å². The minimum atomic E-state index is -0.307. The van der Waals surface area contributed by atoms with Crippen LogP contribution in [0.1, 0.15) is 34.2 Å². The van der Waals surface area contributed by atoms with Crippen LogP contribution in [0, 0.1) is 0 Å². The van der Waals surface area contributed by atoms with Crippen molar-refractivity contribution >= 4 is 22.9 Å². The average molecular weight is 232 g/mol. The van der Waals surface area contributed by atoms with Gasteiger partial charge in [-0.15, -0.1) is 11.3 Å². The van der Waals surface area contributed by atoms with Gasteiger partial charge in [0.05, 0.1) is 17.7 Å². The van der Waals surface area contributed by atoms with Gasteiger partial charge in [0.1, 0.15) is 0 Å². The highest BCUT2D eigenvalue weighted by Gasteiger charge is 2.22. The molecule has 0 aliphatic heterocycles. The second kappa shape index (κ2) is 4.19. The van der Waals surface area contributed by atoms with Gasteiger partial charge in [-0.25, -0.2) is 0 Å². The van der Waals surface area contributed by atoms with Gasteiger partial charge >= 0.3 is 0 Å². The summed E-state index contributed by atoms with van der Waals surface area (Å²) in [6.07, 6.45) is 4.66. The molecule has 1 atom stereocenters. The summed E-state index contributed by atoms with van der Waals surface area (Å²) in [7, 11) is 0. The van der Waals surface area contributed by atoms with E-state index in [4.69, 9.17) is 22.4 Å². The molecule has 0 spiro atoms. The Balaban J connectivity index is 2.38. The van der Waals surface area contributed by atoms with Gasteiger partial charge in [-0.3, -0.25) is 0 Å². The predicted octanol–water partition coefficient (Wildman–Crippen LogP) is 2.27. The number of nitrogens with two attached hydrogens (primary N) is 1. The quantitative estimate of drug-likeness (QED) is 0.821. The molecule has 0 aromatic carbocycles. The number of rotatable bonds is 2. The van der Waals surface area contributed by atoms with Crippen LogP contribution < -0.4 is 5.73 Å². The van der Waals surface area contributed by atoms with E-state index in [0.29, 0.717) is 0 Å². The number of aliphatic hydroxyl groups is 1. The Kier molecular flexibility index (Phi) is 3.12. The lowest BCUT2D eigenvalue weighted by molar-refractivity contribution is 0.269. The standard InChI is InChI=1S/C10H14ClNOS/c11-9-6-3-1-2-4-8(6)14-10(9)7(12)5-13/h7,13H,1-5,12H2. The van der Waals surface area contributed by atoms with E-state index in [9.17, 15) is 0 Å². The lowest BCUT2D eigenvalue weighted by Gasteiger charge is -2.10. The molecular formula is C10H14ClNOS. The average Bonchev–Trinajstić information content (AvgIpc) is 2.56. The molecule has 3 N–H and O–H groups in total. The van der Waals surface area contributed by atoms with Crippen molar-refractivity contribution in [2.45, 2.75) is 31.7 Å². The summed E-state index contributed by atoms with van der Waals surface area (Å²) in [6, 6.07) is -0.307. The summed E-state index contributed by atoms with van der Waals surface area (Å²) in [5.41, 5.74) is 7.06. The van der Waals surface area contributed by atoms with E-state index in [0.717, 1.165) is 22.7 Å². The minimum Gasteiger partial charge on any atom is -0.394 e. The lowest BCUT2D eigenvalue weighted by atomic mass is 9.99. The second-order valence-corrected chi connectivity index (χ2v) is 5.19. The van der Waals surface area contributed by atoms with E-state index in [1.165, 1.54) is 23.3 Å². The molecule has 1 heterocycles. The summed E-state index contributed by atoms with van der Waals surface area (Å²) < 4.78 is 0. The van der Waals surface area contributed by atoms with E-state index in [-0.39, 0.29) is 12.6 Å². The maximum atomic E-state index is 9.00. The Morgan fingerprint density at radius 2 is 2.14 bits per heavy atom. The zero-order valence-electron chi connectivity index (χ0n) is 7.92. The molecule has 1 aliphatic rings. The SMILES string of the molecule is NC(CO)c1sc2c(c1Cl)CCCC2. The Hall–Kier alpha value is -0.0900. The zero-order chi connectivity index (χ0) is 10.1. The van der Waals surface area contributed by atoms with Gasteiger partial charge in [-0.2, -0.15) is 0 Å². The summed E-state index contributed by atoms with van der Waals surface area (Å²) in [4.78, 5) is 2.33. The summed E-state index contributed by atoms with van der Waals surface area (Å²) >= 11 is 7.91. The van der Waals surface area contributed by atoms with Gasteiger partial charge in [-0.1, -0.05) is 11.6 Å². The molecule has 2 rings (SSSR count). The fraction of sp³-hybridized carbons (Fsp3) is 0.600. The molecular weight excluding hydrogens is 218 g/mol. The van der Waals surface area contributed by atoms with Crippen molar-refractivity contribution in [1.82, 2.24) is 0 Å². The van der Waals surface area contributed by atoms with E-state index >= 15 is 0 Å². The molecule has 1 aromatic rings. The van der Waals surface area contributed by atoms with Crippen molar-refractivity contribution in [3.8, 4) is 0 Å². The fourth-order valence-corrected chi connectivity index (χ4v) is 3.67. The van der Waals surface area contributed by atoms with Crippen LogP contribution in [0.15, 0.2) is 0 Å². The summed E-state index contributed by atoms with van der Waals surface area (Å²) in [5.74, 6) is 0. The molecule has 4 heteroatoms. The number of hydrogen-bond acceptors (Lipinski definition) is 3. The first-order valence-corrected chi connectivity index (χ1v) is 6.10. The van der Waals surface area contributed by atoms with Crippen LogP contribution >= 0.6 is 22.9 Å². The highest BCUT2D eigenvalue weighted by molar-refractivity contribution is 7.13. The molecule has 0 fully saturated rings. The number of aryl methyl sites for hydroxylation is 1. The molecule has 0 saturated carbocycles. The predicted molar refractivity (Wildman–Crippen MR) is 60.0 cm³/mol. The van der Waals surface area contributed by atoms with E-state index < -0.39 is 0 Å². The molecule has 0 bridgehead atoms. The van der Waals surface area contributed by atoms with Gasteiger partial charge < -0.3 is 10.8 Å². The molecule has 78 valence electrons. The number of aliphatic hydroxyl groups excluding tert-OH is 1. The van der Waals surface area contributed by atoms with E-state index in [2.05, 4.69) is 0 Å². The van der Waals surface area contributed by atoms with Crippen LogP contribution in [-0.4, -0.2) is 11.7 Å². The van der Waals surface area contributed by atoms with Crippen LogP contribution in [0.5, 0.6) is 0 Å². The van der Waals surface area contributed by atoms with Crippen molar-refractivity contribution in [2.75, 3.05) is 6.61 Å². The van der Waals surface area contributed by atoms with Crippen molar-refractivity contribution in [2.24, 2.45) is 5.73 Å². The third-order valence-electron chi connectivity index (χ3n) is 2.67. The number of hydrogen-bond donors (Lipinski definition) is 2. The van der Waals surface area contributed by atoms with Crippen LogP contribution in [0.3, 0.4) is 0 Å². The lowest BCUT2D eigenvalue weighted by Crippen LogP contribution is -2.13. The molecule has 14 heavy (non-hydrogen) atoms. The van der Waals surface area contributed by atoms with Crippen molar-refractivity contribution < 1.29 is 5.11 Å². The second-order valence-electron chi connectivity index (χ2n) is 3.68. The number of fused-ring (bicyclic) bond motifs is 1. The molecule has 1 aromatic heterocycles. The Morgan fingerprint density at radius 1 is 1.43 bits per heavy atom. The normalized spacial score (nSPS) is 17.9. The maximum Gasteiger partial charge on any atom is 0.0640 e. The molecule has 1 aliphatic carbocycles. The van der Waals surface area contributed by atoms with Gasteiger partial charge in [0.2, 0.25) is 0 Å². The third-order valence-corrected chi connectivity index (χ3v) is 4.63. The summed E-state index contributed by atoms with van der Waals surface area (Å²) in [5, 5.41) is 9.81. The van der Waals surface area contributed by atoms with Gasteiger partial charge in [0, 0.05) is 9.75 Å². The van der Waals surface area contributed by atoms with Gasteiger partial charge in [-0.05, 0) is 31.2 Å². The summed E-state index contributed by atoms with van der Waals surface area (Å²) in [6.45, 7) is -0.0287. The fourth-order valence-electron chi connectivity index (χ4n) is 1.87. The first kappa shape index (κ1) is 10.4. The highest BCUT2D eigenvalue weighted by atomic mass is 35.5. The molecule has 2 nitrogen and oxygen atoms in total. The zero-order valence-corrected chi connectivity index (χ0v) is 9.50. The molecule has 0 amide bonds. The molecule has 1 unspecified atom stereocenters. The minimum absolute atomic E-state index is 0.0287. The first-order chi connectivity index (χ1) is 6.74. The Labute approximate surface area is 92.7 Å². The Bertz CT molecular complexity index is 337. The molecule has 0 saturated heterocycles. The Morgan fingerprint density at radius 3 is 2.79 bits per heavy atom. The van der Waals surface area contributed by atoms with Crippen LogP contribution in [-0.2, 0) is 12.8 Å². The van der Waals surface area contributed by atoms with E-state index in [1.807, 2.05) is 0 Å². The van der Waals surface area contributed by atoms with Gasteiger partial charge in [0.25, 0.3) is 0 Å². The van der Waals surface area contributed by atoms with Crippen LogP contribution in [0.4, 0.5) is 0 Å². The number of thiophene rings is 1. The van der Waals surface area contributed by atoms with E-state index in [1.54, 1.807) is 11.3 Å². The monoisotopic (exact) mass is 231 g/mol. The topological polar surface area (TPSA) is 46.2 Å². The van der Waals surface area contributed by atoms with Crippen molar-refractivity contribution in [3.63, 3.8) is 0 Å². The van der Waals surface area contributed by atoms with Crippen molar-refractivity contribution in [3.05, 3.63) is 20.3 Å². The van der Waals surface area contributed by atoms with Crippen LogP contribution in [0.2, 0.25) is 5.02 Å². The largest absolute Gasteiger partial charge is 0.394 e. The smallest absolute Gasteiger partial charge is 0.0640 e. The van der Waals surface area contributed by atoms with Gasteiger partial charge in [0.15, 0.2) is 0 Å². The third kappa shape index (κ3) is 1.70. The highest BCUT2D eigenvalue weighted by Crippen LogP contribution is 2.39. The molecule has 0 radical (unpaired) electrons. The maximum absolute atomic E-state index is 9.00. The first-order valence-electron chi connectivity index (χ1n) is 4.90. The van der Waals surface area contributed by atoms with Crippen molar-refractivity contribution in [1.29, 1.82) is 0 Å². The number of halogens is 1.